The second kappa shape index (κ2) is 6.71. The summed E-state index contributed by atoms with van der Waals surface area (Å²) in [6, 6.07) is 7.36. The molecule has 1 saturated carbocycles. The Morgan fingerprint density at radius 3 is 2.61 bits per heavy atom. The molecule has 1 aromatic carbocycles. The maximum atomic E-state index is 12.4. The van der Waals surface area contributed by atoms with Gasteiger partial charge in [0, 0.05) is 11.7 Å². The van der Waals surface area contributed by atoms with E-state index in [2.05, 4.69) is 5.32 Å². The summed E-state index contributed by atoms with van der Waals surface area (Å²) in [6.45, 7) is 2.16. The molecule has 0 aromatic heterocycles. The lowest BCUT2D eigenvalue weighted by molar-refractivity contribution is -0.143. The Balaban J connectivity index is 1.67. The highest BCUT2D eigenvalue weighted by Crippen LogP contribution is 2.39. The fraction of sp³-hybridized carbons (Fsp3) is 0.556. The van der Waals surface area contributed by atoms with Crippen LogP contribution in [0.15, 0.2) is 24.3 Å². The zero-order valence-electron chi connectivity index (χ0n) is 13.5. The van der Waals surface area contributed by atoms with Gasteiger partial charge in [0.25, 0.3) is 0 Å². The molecule has 3 unspecified atom stereocenters. The monoisotopic (exact) mass is 316 g/mol. The molecule has 1 aromatic rings. The van der Waals surface area contributed by atoms with Crippen LogP contribution in [0.3, 0.4) is 0 Å². The first-order valence-corrected chi connectivity index (χ1v) is 8.39. The van der Waals surface area contributed by atoms with E-state index < -0.39 is 12.0 Å². The van der Waals surface area contributed by atoms with E-state index in [-0.39, 0.29) is 18.5 Å². The fourth-order valence-electron chi connectivity index (χ4n) is 4.03. The Labute approximate surface area is 136 Å². The summed E-state index contributed by atoms with van der Waals surface area (Å²) in [5, 5.41) is 12.4. The van der Waals surface area contributed by atoms with Crippen molar-refractivity contribution < 1.29 is 14.7 Å². The minimum Gasteiger partial charge on any atom is -0.480 e. The second-order valence-corrected chi connectivity index (χ2v) is 6.79. The quantitative estimate of drug-likeness (QED) is 0.896. The molecule has 23 heavy (non-hydrogen) atoms. The Kier molecular flexibility index (Phi) is 4.66. The van der Waals surface area contributed by atoms with Crippen LogP contribution in [-0.2, 0) is 9.59 Å². The van der Waals surface area contributed by atoms with Gasteiger partial charge in [-0.1, -0.05) is 30.5 Å². The fourth-order valence-corrected chi connectivity index (χ4v) is 4.03. The molecule has 0 spiro atoms. The molecule has 1 aliphatic carbocycles. The van der Waals surface area contributed by atoms with E-state index in [0.29, 0.717) is 12.3 Å². The first kappa shape index (κ1) is 16.0. The van der Waals surface area contributed by atoms with Crippen LogP contribution in [0.4, 0.5) is 5.69 Å². The number of fused-ring (bicyclic) bond motifs is 1. The number of anilines is 1. The minimum absolute atomic E-state index is 0.133. The van der Waals surface area contributed by atoms with Crippen molar-refractivity contribution in [3.63, 3.8) is 0 Å². The maximum absolute atomic E-state index is 12.4. The van der Waals surface area contributed by atoms with Crippen molar-refractivity contribution in [3.05, 3.63) is 29.8 Å². The van der Waals surface area contributed by atoms with E-state index >= 15 is 0 Å². The summed E-state index contributed by atoms with van der Waals surface area (Å²) in [6.07, 6.45) is 5.08. The molecule has 1 amide bonds. The number of carboxylic acid groups (broad SMARTS) is 1. The molecule has 5 heteroatoms. The van der Waals surface area contributed by atoms with Crippen molar-refractivity contribution in [2.45, 2.75) is 51.1 Å². The van der Waals surface area contributed by atoms with Crippen molar-refractivity contribution in [2.75, 3.05) is 11.9 Å². The lowest BCUT2D eigenvalue weighted by atomic mass is 9.85. The van der Waals surface area contributed by atoms with E-state index in [1.54, 1.807) is 0 Å². The third-order valence-corrected chi connectivity index (χ3v) is 5.17. The van der Waals surface area contributed by atoms with Crippen molar-refractivity contribution in [3.8, 4) is 0 Å². The van der Waals surface area contributed by atoms with Crippen molar-refractivity contribution in [1.82, 2.24) is 4.90 Å². The second-order valence-electron chi connectivity index (χ2n) is 6.79. The Morgan fingerprint density at radius 1 is 1.22 bits per heavy atom. The van der Waals surface area contributed by atoms with Crippen LogP contribution in [0.25, 0.3) is 0 Å². The first-order chi connectivity index (χ1) is 11.0. The molecule has 124 valence electrons. The van der Waals surface area contributed by atoms with Crippen molar-refractivity contribution in [1.29, 1.82) is 0 Å². The predicted octanol–water partition coefficient (Wildman–Crippen LogP) is 2.65. The van der Waals surface area contributed by atoms with E-state index in [1.165, 1.54) is 6.42 Å². The topological polar surface area (TPSA) is 69.6 Å². The van der Waals surface area contributed by atoms with Crippen LogP contribution in [0.1, 0.15) is 37.7 Å². The molecule has 1 heterocycles. The number of amides is 1. The summed E-state index contributed by atoms with van der Waals surface area (Å²) < 4.78 is 0. The van der Waals surface area contributed by atoms with Crippen LogP contribution < -0.4 is 5.32 Å². The molecule has 2 N–H and O–H groups in total. The Morgan fingerprint density at radius 2 is 1.91 bits per heavy atom. The van der Waals surface area contributed by atoms with Gasteiger partial charge in [0.15, 0.2) is 0 Å². The largest absolute Gasteiger partial charge is 0.480 e. The number of carbonyl (C=O) groups is 2. The van der Waals surface area contributed by atoms with Gasteiger partial charge in [-0.3, -0.25) is 14.5 Å². The number of rotatable bonds is 4. The number of hydrogen-bond donors (Lipinski definition) is 2. The van der Waals surface area contributed by atoms with Gasteiger partial charge in [-0.2, -0.15) is 0 Å². The molecular formula is C18H24N2O3. The average Bonchev–Trinajstić information content (AvgIpc) is 2.89. The molecule has 3 atom stereocenters. The average molecular weight is 316 g/mol. The number of benzene rings is 1. The molecule has 5 nitrogen and oxygen atoms in total. The summed E-state index contributed by atoms with van der Waals surface area (Å²) in [5.74, 6) is -0.508. The summed E-state index contributed by atoms with van der Waals surface area (Å²) in [7, 11) is 0. The highest BCUT2D eigenvalue weighted by atomic mass is 16.4. The molecule has 0 radical (unpaired) electrons. The number of carboxylic acids is 1. The normalized spacial score (nSPS) is 27.4. The number of nitrogens with zero attached hydrogens (tertiary/aromatic N) is 1. The zero-order valence-corrected chi connectivity index (χ0v) is 13.5. The van der Waals surface area contributed by atoms with Gasteiger partial charge in [0.1, 0.15) is 6.04 Å². The van der Waals surface area contributed by atoms with Crippen LogP contribution in [0.2, 0.25) is 0 Å². The molecular weight excluding hydrogens is 292 g/mol. The SMILES string of the molecule is Cc1ccc(NC(=O)CN2C(C(=O)O)CC3CCCCC32)cc1. The van der Waals surface area contributed by atoms with E-state index in [1.807, 2.05) is 36.1 Å². The molecule has 1 saturated heterocycles. The maximum Gasteiger partial charge on any atom is 0.320 e. The zero-order chi connectivity index (χ0) is 16.4. The number of carbonyl (C=O) groups excluding carboxylic acids is 1. The summed E-state index contributed by atoms with van der Waals surface area (Å²) in [4.78, 5) is 25.8. The smallest absolute Gasteiger partial charge is 0.320 e. The predicted molar refractivity (Wildman–Crippen MR) is 88.3 cm³/mol. The van der Waals surface area contributed by atoms with Crippen LogP contribution in [0.5, 0.6) is 0 Å². The van der Waals surface area contributed by atoms with E-state index in [4.69, 9.17) is 0 Å². The van der Waals surface area contributed by atoms with Gasteiger partial charge in [-0.25, -0.2) is 0 Å². The minimum atomic E-state index is -0.803. The molecule has 2 aliphatic rings. The van der Waals surface area contributed by atoms with Gasteiger partial charge in [-0.15, -0.1) is 0 Å². The Bertz CT molecular complexity index is 584. The van der Waals surface area contributed by atoms with Crippen LogP contribution in [0, 0.1) is 12.8 Å². The Hall–Kier alpha value is -1.88. The van der Waals surface area contributed by atoms with Gasteiger partial charge in [0.05, 0.1) is 6.54 Å². The van der Waals surface area contributed by atoms with Gasteiger partial charge in [0.2, 0.25) is 5.91 Å². The summed E-state index contributed by atoms with van der Waals surface area (Å²) in [5.41, 5.74) is 1.89. The van der Waals surface area contributed by atoms with Gasteiger partial charge < -0.3 is 10.4 Å². The number of likely N-dealkylation sites (tertiary alicyclic amines) is 1. The van der Waals surface area contributed by atoms with Crippen molar-refractivity contribution in [2.24, 2.45) is 5.92 Å². The highest BCUT2D eigenvalue weighted by Gasteiger charge is 2.45. The van der Waals surface area contributed by atoms with E-state index in [9.17, 15) is 14.7 Å². The first-order valence-electron chi connectivity index (χ1n) is 8.39. The number of aliphatic carboxylic acids is 1. The van der Waals surface area contributed by atoms with Crippen LogP contribution >= 0.6 is 0 Å². The standard InChI is InChI=1S/C18H24N2O3/c1-12-6-8-14(9-7-12)19-17(21)11-20-15-5-3-2-4-13(15)10-16(20)18(22)23/h6-9,13,15-16H,2-5,10-11H2,1H3,(H,19,21)(H,22,23). The lowest BCUT2D eigenvalue weighted by Crippen LogP contribution is -2.46. The third-order valence-electron chi connectivity index (χ3n) is 5.17. The van der Waals surface area contributed by atoms with E-state index in [0.717, 1.165) is 30.5 Å². The molecule has 2 fully saturated rings. The van der Waals surface area contributed by atoms with Gasteiger partial charge >= 0.3 is 5.97 Å². The van der Waals surface area contributed by atoms with Gasteiger partial charge in [-0.05, 0) is 44.2 Å². The molecule has 3 rings (SSSR count). The third kappa shape index (κ3) is 3.55. The number of nitrogens with one attached hydrogen (secondary N) is 1. The summed E-state index contributed by atoms with van der Waals surface area (Å²) >= 11 is 0. The highest BCUT2D eigenvalue weighted by molar-refractivity contribution is 5.92. The lowest BCUT2D eigenvalue weighted by Gasteiger charge is -2.32. The molecule has 0 bridgehead atoms. The van der Waals surface area contributed by atoms with Crippen LogP contribution in [-0.4, -0.2) is 40.5 Å². The molecule has 1 aliphatic heterocycles. The van der Waals surface area contributed by atoms with Crippen molar-refractivity contribution >= 4 is 17.6 Å². The number of aryl methyl sites for hydroxylation is 1. The number of hydrogen-bond acceptors (Lipinski definition) is 3.